The fraction of sp³-hybridized carbons (Fsp3) is 0.562. The molecule has 0 heterocycles. The minimum atomic E-state index is -0.0308. The standard InChI is InChI=1S/C16H25N3O/c1-11-8-9-13(15(10-11)19-17)16(20)18-14-7-5-3-4-6-12(14)2/h8-10,12,14,19H,3-7,17H2,1-2H3,(H,18,20). The molecule has 1 aliphatic rings. The molecular weight excluding hydrogens is 250 g/mol. The van der Waals surface area contributed by atoms with Crippen LogP contribution >= 0.6 is 0 Å². The smallest absolute Gasteiger partial charge is 0.253 e. The van der Waals surface area contributed by atoms with Gasteiger partial charge in [-0.2, -0.15) is 0 Å². The van der Waals surface area contributed by atoms with Crippen molar-refractivity contribution in [2.24, 2.45) is 11.8 Å². The van der Waals surface area contributed by atoms with E-state index < -0.39 is 0 Å². The van der Waals surface area contributed by atoms with Crippen LogP contribution in [0.2, 0.25) is 0 Å². The van der Waals surface area contributed by atoms with E-state index in [0.29, 0.717) is 17.2 Å². The summed E-state index contributed by atoms with van der Waals surface area (Å²) in [4.78, 5) is 12.5. The van der Waals surface area contributed by atoms with Crippen molar-refractivity contribution in [3.8, 4) is 0 Å². The molecule has 20 heavy (non-hydrogen) atoms. The van der Waals surface area contributed by atoms with Crippen LogP contribution in [0.15, 0.2) is 18.2 Å². The Morgan fingerprint density at radius 2 is 2.00 bits per heavy atom. The molecule has 0 bridgehead atoms. The first-order valence-corrected chi connectivity index (χ1v) is 7.50. The van der Waals surface area contributed by atoms with E-state index in [-0.39, 0.29) is 11.9 Å². The predicted octanol–water partition coefficient (Wildman–Crippen LogP) is 2.98. The van der Waals surface area contributed by atoms with Crippen LogP contribution in [-0.4, -0.2) is 11.9 Å². The second-order valence-electron chi connectivity index (χ2n) is 5.89. The van der Waals surface area contributed by atoms with Gasteiger partial charge in [-0.3, -0.25) is 10.6 Å². The molecule has 4 nitrogen and oxygen atoms in total. The van der Waals surface area contributed by atoms with Gasteiger partial charge in [0.05, 0.1) is 11.3 Å². The maximum atomic E-state index is 12.5. The van der Waals surface area contributed by atoms with Gasteiger partial charge in [-0.15, -0.1) is 0 Å². The minimum absolute atomic E-state index is 0.0308. The molecule has 1 aromatic rings. The van der Waals surface area contributed by atoms with Crippen molar-refractivity contribution in [2.75, 3.05) is 5.43 Å². The van der Waals surface area contributed by atoms with Crippen LogP contribution in [0.3, 0.4) is 0 Å². The summed E-state index contributed by atoms with van der Waals surface area (Å²) >= 11 is 0. The Bertz CT molecular complexity index is 473. The van der Waals surface area contributed by atoms with E-state index in [0.717, 1.165) is 12.0 Å². The highest BCUT2D eigenvalue weighted by Crippen LogP contribution is 2.24. The van der Waals surface area contributed by atoms with E-state index in [1.165, 1.54) is 25.7 Å². The lowest BCUT2D eigenvalue weighted by molar-refractivity contribution is 0.0922. The third kappa shape index (κ3) is 3.51. The average molecular weight is 275 g/mol. The van der Waals surface area contributed by atoms with Gasteiger partial charge in [0.1, 0.15) is 0 Å². The number of benzene rings is 1. The fourth-order valence-corrected chi connectivity index (χ4v) is 2.93. The summed E-state index contributed by atoms with van der Waals surface area (Å²) in [5.74, 6) is 6.02. The van der Waals surface area contributed by atoms with Gasteiger partial charge >= 0.3 is 0 Å². The highest BCUT2D eigenvalue weighted by atomic mass is 16.1. The summed E-state index contributed by atoms with van der Waals surface area (Å²) in [6.07, 6.45) is 6.01. The van der Waals surface area contributed by atoms with Crippen LogP contribution in [0.1, 0.15) is 54.9 Å². The van der Waals surface area contributed by atoms with Crippen molar-refractivity contribution in [3.63, 3.8) is 0 Å². The summed E-state index contributed by atoms with van der Waals surface area (Å²) in [7, 11) is 0. The van der Waals surface area contributed by atoms with Gasteiger partial charge in [0.15, 0.2) is 0 Å². The lowest BCUT2D eigenvalue weighted by Gasteiger charge is -2.23. The van der Waals surface area contributed by atoms with Crippen molar-refractivity contribution in [1.29, 1.82) is 0 Å². The van der Waals surface area contributed by atoms with E-state index in [1.807, 2.05) is 25.1 Å². The van der Waals surface area contributed by atoms with Gasteiger partial charge in [0.2, 0.25) is 0 Å². The van der Waals surface area contributed by atoms with Crippen LogP contribution in [0, 0.1) is 12.8 Å². The van der Waals surface area contributed by atoms with Gasteiger partial charge in [-0.25, -0.2) is 0 Å². The molecule has 4 N–H and O–H groups in total. The van der Waals surface area contributed by atoms with Crippen LogP contribution in [-0.2, 0) is 0 Å². The Morgan fingerprint density at radius 3 is 2.75 bits per heavy atom. The zero-order chi connectivity index (χ0) is 14.5. The Labute approximate surface area is 121 Å². The van der Waals surface area contributed by atoms with E-state index >= 15 is 0 Å². The molecule has 0 spiro atoms. The average Bonchev–Trinajstić information content (AvgIpc) is 2.64. The highest BCUT2D eigenvalue weighted by Gasteiger charge is 2.23. The SMILES string of the molecule is Cc1ccc(C(=O)NC2CCCCCC2C)c(NN)c1. The molecule has 1 aromatic carbocycles. The van der Waals surface area contributed by atoms with E-state index in [9.17, 15) is 4.79 Å². The molecule has 0 saturated heterocycles. The number of carbonyl (C=O) groups is 1. The largest absolute Gasteiger partial charge is 0.349 e. The number of nitrogens with two attached hydrogens (primary N) is 1. The molecule has 1 saturated carbocycles. The van der Waals surface area contributed by atoms with Gasteiger partial charge < -0.3 is 10.7 Å². The molecule has 2 atom stereocenters. The molecule has 0 aromatic heterocycles. The molecule has 0 radical (unpaired) electrons. The summed E-state index contributed by atoms with van der Waals surface area (Å²) in [5, 5.41) is 3.18. The second-order valence-corrected chi connectivity index (χ2v) is 5.89. The molecule has 1 amide bonds. The number of hydrogen-bond acceptors (Lipinski definition) is 3. The number of hydrogen-bond donors (Lipinski definition) is 3. The van der Waals surface area contributed by atoms with Gasteiger partial charge in [0.25, 0.3) is 5.91 Å². The Kier molecular flexibility index (Phi) is 5.01. The number of aryl methyl sites for hydroxylation is 1. The van der Waals surface area contributed by atoms with Gasteiger partial charge in [-0.1, -0.05) is 32.3 Å². The van der Waals surface area contributed by atoms with E-state index in [2.05, 4.69) is 17.7 Å². The number of nitrogen functional groups attached to an aromatic ring is 1. The first-order valence-electron chi connectivity index (χ1n) is 7.50. The summed E-state index contributed by atoms with van der Waals surface area (Å²) in [6, 6.07) is 5.94. The topological polar surface area (TPSA) is 67.2 Å². The number of rotatable bonds is 3. The van der Waals surface area contributed by atoms with Crippen LogP contribution < -0.4 is 16.6 Å². The summed E-state index contributed by atoms with van der Waals surface area (Å²) < 4.78 is 0. The third-order valence-electron chi connectivity index (χ3n) is 4.25. The zero-order valence-corrected chi connectivity index (χ0v) is 12.4. The van der Waals surface area contributed by atoms with E-state index in [1.54, 1.807) is 0 Å². The summed E-state index contributed by atoms with van der Waals surface area (Å²) in [5.41, 5.74) is 5.00. The van der Waals surface area contributed by atoms with Crippen molar-refractivity contribution in [3.05, 3.63) is 29.3 Å². The Balaban J connectivity index is 2.11. The molecule has 4 heteroatoms. The van der Waals surface area contributed by atoms with Crippen LogP contribution in [0.4, 0.5) is 5.69 Å². The molecule has 2 unspecified atom stereocenters. The highest BCUT2D eigenvalue weighted by molar-refractivity contribution is 5.99. The van der Waals surface area contributed by atoms with Gasteiger partial charge in [0, 0.05) is 6.04 Å². The maximum Gasteiger partial charge on any atom is 0.253 e. The fourth-order valence-electron chi connectivity index (χ4n) is 2.93. The summed E-state index contributed by atoms with van der Waals surface area (Å²) in [6.45, 7) is 4.21. The lowest BCUT2D eigenvalue weighted by atomic mass is 9.96. The first kappa shape index (κ1) is 14.9. The number of amides is 1. The monoisotopic (exact) mass is 275 g/mol. The third-order valence-corrected chi connectivity index (χ3v) is 4.25. The van der Waals surface area contributed by atoms with Crippen molar-refractivity contribution < 1.29 is 4.79 Å². The van der Waals surface area contributed by atoms with Crippen molar-refractivity contribution >= 4 is 11.6 Å². The van der Waals surface area contributed by atoms with Crippen LogP contribution in [0.25, 0.3) is 0 Å². The number of carbonyl (C=O) groups excluding carboxylic acids is 1. The molecule has 0 aliphatic heterocycles. The Morgan fingerprint density at radius 1 is 1.25 bits per heavy atom. The number of hydrazine groups is 1. The molecule has 2 rings (SSSR count). The normalized spacial score (nSPS) is 22.9. The van der Waals surface area contributed by atoms with Gasteiger partial charge in [-0.05, 0) is 43.4 Å². The number of anilines is 1. The van der Waals surface area contributed by atoms with Crippen molar-refractivity contribution in [2.45, 2.75) is 52.0 Å². The molecule has 110 valence electrons. The minimum Gasteiger partial charge on any atom is -0.349 e. The first-order chi connectivity index (χ1) is 9.61. The Hall–Kier alpha value is -1.55. The lowest BCUT2D eigenvalue weighted by Crippen LogP contribution is -2.39. The number of nitrogens with one attached hydrogen (secondary N) is 2. The second kappa shape index (κ2) is 6.75. The predicted molar refractivity (Wildman–Crippen MR) is 82.5 cm³/mol. The van der Waals surface area contributed by atoms with Crippen LogP contribution in [0.5, 0.6) is 0 Å². The van der Waals surface area contributed by atoms with E-state index in [4.69, 9.17) is 5.84 Å². The zero-order valence-electron chi connectivity index (χ0n) is 12.4. The van der Waals surface area contributed by atoms with Crippen molar-refractivity contribution in [1.82, 2.24) is 5.32 Å². The maximum absolute atomic E-state index is 12.5. The molecular formula is C16H25N3O. The quantitative estimate of drug-likeness (QED) is 0.451. The molecule has 1 fully saturated rings. The molecule has 1 aliphatic carbocycles.